The van der Waals surface area contributed by atoms with Crippen LogP contribution in [0.4, 0.5) is 0 Å². The molecule has 2 heteroatoms. The van der Waals surface area contributed by atoms with Gasteiger partial charge in [-0.1, -0.05) is 58.4 Å². The highest BCUT2D eigenvalue weighted by Gasteiger charge is 1.98. The van der Waals surface area contributed by atoms with Gasteiger partial charge < -0.3 is 4.74 Å². The van der Waals surface area contributed by atoms with E-state index in [2.05, 4.69) is 70.5 Å². The lowest BCUT2D eigenvalue weighted by atomic mass is 10.0. The summed E-state index contributed by atoms with van der Waals surface area (Å²) in [7, 11) is 0. The fourth-order valence-corrected chi connectivity index (χ4v) is 2.84. The second kappa shape index (κ2) is 10.4. The molecule has 0 aliphatic heterocycles. The van der Waals surface area contributed by atoms with Crippen LogP contribution in [0.15, 0.2) is 54.6 Å². The Hall–Kier alpha value is -1.28. The Balaban J connectivity index is 1.63. The third-order valence-corrected chi connectivity index (χ3v) is 4.30. The van der Waals surface area contributed by atoms with Crippen LogP contribution in [0.1, 0.15) is 36.8 Å². The van der Waals surface area contributed by atoms with Gasteiger partial charge in [-0.25, -0.2) is 0 Å². The van der Waals surface area contributed by atoms with Gasteiger partial charge in [0.15, 0.2) is 0 Å². The van der Waals surface area contributed by atoms with E-state index < -0.39 is 0 Å². The number of benzene rings is 2. The molecule has 2 aromatic rings. The number of alkyl halides is 1. The normalized spacial score (nSPS) is 10.6. The Morgan fingerprint density at radius 1 is 0.682 bits per heavy atom. The Morgan fingerprint density at radius 3 is 1.95 bits per heavy atom. The maximum atomic E-state index is 5.73. The first kappa shape index (κ1) is 17.1. The Labute approximate surface area is 142 Å². The number of rotatable bonds is 10. The fourth-order valence-electron chi connectivity index (χ4n) is 2.44. The van der Waals surface area contributed by atoms with E-state index in [0.29, 0.717) is 0 Å². The number of hydrogen-bond acceptors (Lipinski definition) is 1. The molecule has 0 aromatic heterocycles. The average molecular weight is 361 g/mol. The number of hydrogen-bond donors (Lipinski definition) is 0. The van der Waals surface area contributed by atoms with Crippen molar-refractivity contribution in [2.24, 2.45) is 0 Å². The number of ether oxygens (including phenoxy) is 1. The van der Waals surface area contributed by atoms with Crippen LogP contribution in [0.25, 0.3) is 0 Å². The van der Waals surface area contributed by atoms with Crippen molar-refractivity contribution in [1.29, 1.82) is 0 Å². The van der Waals surface area contributed by atoms with Gasteiger partial charge in [0, 0.05) is 5.33 Å². The molecule has 118 valence electrons. The molecule has 0 spiro atoms. The van der Waals surface area contributed by atoms with Gasteiger partial charge in [0.1, 0.15) is 5.75 Å². The molecule has 0 aliphatic rings. The van der Waals surface area contributed by atoms with Crippen molar-refractivity contribution in [3.05, 3.63) is 65.7 Å². The summed E-state index contributed by atoms with van der Waals surface area (Å²) in [5.74, 6) is 0.989. The van der Waals surface area contributed by atoms with Crippen LogP contribution in [0, 0.1) is 0 Å². The molecule has 0 heterocycles. The number of halogens is 1. The van der Waals surface area contributed by atoms with Crippen molar-refractivity contribution in [2.45, 2.75) is 38.5 Å². The molecule has 0 aliphatic carbocycles. The smallest absolute Gasteiger partial charge is 0.119 e. The van der Waals surface area contributed by atoms with Gasteiger partial charge in [0.2, 0.25) is 0 Å². The Morgan fingerprint density at radius 2 is 1.32 bits per heavy atom. The van der Waals surface area contributed by atoms with E-state index in [9.17, 15) is 0 Å². The van der Waals surface area contributed by atoms with Gasteiger partial charge in [-0.15, -0.1) is 0 Å². The maximum absolute atomic E-state index is 5.73. The lowest BCUT2D eigenvalue weighted by Crippen LogP contribution is -1.97. The lowest BCUT2D eigenvalue weighted by Gasteiger charge is -2.07. The minimum atomic E-state index is 0.808. The molecular weight excluding hydrogens is 336 g/mol. The predicted octanol–water partition coefficient (Wildman–Crippen LogP) is 5.81. The largest absolute Gasteiger partial charge is 0.494 e. The van der Waals surface area contributed by atoms with E-state index in [-0.39, 0.29) is 0 Å². The molecule has 0 atom stereocenters. The SMILES string of the molecule is BrCCCCOc1ccc(CCCCc2ccccc2)cc1. The predicted molar refractivity (Wildman–Crippen MR) is 98.0 cm³/mol. The average Bonchev–Trinajstić information content (AvgIpc) is 2.58. The van der Waals surface area contributed by atoms with E-state index in [1.54, 1.807) is 0 Å². The topological polar surface area (TPSA) is 9.23 Å². The van der Waals surface area contributed by atoms with Crippen LogP contribution in [-0.4, -0.2) is 11.9 Å². The first-order valence-electron chi connectivity index (χ1n) is 8.20. The van der Waals surface area contributed by atoms with Gasteiger partial charge in [-0.3, -0.25) is 0 Å². The summed E-state index contributed by atoms with van der Waals surface area (Å²) in [6, 6.07) is 19.3. The monoisotopic (exact) mass is 360 g/mol. The molecule has 0 N–H and O–H groups in total. The minimum Gasteiger partial charge on any atom is -0.494 e. The molecule has 2 rings (SSSR count). The van der Waals surface area contributed by atoms with Crippen molar-refractivity contribution in [2.75, 3.05) is 11.9 Å². The van der Waals surface area contributed by atoms with Gasteiger partial charge in [0.05, 0.1) is 6.61 Å². The fraction of sp³-hybridized carbons (Fsp3) is 0.400. The first-order valence-corrected chi connectivity index (χ1v) is 9.32. The second-order valence-corrected chi connectivity index (χ2v) is 6.37. The van der Waals surface area contributed by atoms with Gasteiger partial charge >= 0.3 is 0 Å². The Kier molecular flexibility index (Phi) is 8.11. The summed E-state index contributed by atoms with van der Waals surface area (Å²) in [6.45, 7) is 0.808. The van der Waals surface area contributed by atoms with E-state index >= 15 is 0 Å². The lowest BCUT2D eigenvalue weighted by molar-refractivity contribution is 0.310. The van der Waals surface area contributed by atoms with Crippen LogP contribution >= 0.6 is 15.9 Å². The zero-order valence-electron chi connectivity index (χ0n) is 13.1. The summed E-state index contributed by atoms with van der Waals surface area (Å²) in [5, 5.41) is 1.05. The van der Waals surface area contributed by atoms with E-state index in [1.807, 2.05) is 0 Å². The minimum absolute atomic E-state index is 0.808. The zero-order chi connectivity index (χ0) is 15.5. The molecule has 1 nitrogen and oxygen atoms in total. The van der Waals surface area contributed by atoms with Gasteiger partial charge in [-0.05, 0) is 61.8 Å². The van der Waals surface area contributed by atoms with Crippen molar-refractivity contribution in [3.8, 4) is 5.75 Å². The highest BCUT2D eigenvalue weighted by molar-refractivity contribution is 9.09. The third kappa shape index (κ3) is 6.65. The number of aryl methyl sites for hydroxylation is 2. The van der Waals surface area contributed by atoms with Crippen molar-refractivity contribution in [3.63, 3.8) is 0 Å². The first-order chi connectivity index (χ1) is 10.9. The third-order valence-electron chi connectivity index (χ3n) is 3.74. The number of unbranched alkanes of at least 4 members (excludes halogenated alkanes) is 2. The molecule has 22 heavy (non-hydrogen) atoms. The van der Waals surface area contributed by atoms with Crippen LogP contribution < -0.4 is 4.74 Å². The van der Waals surface area contributed by atoms with Crippen LogP contribution in [0.5, 0.6) is 5.75 Å². The molecule has 0 bridgehead atoms. The molecule has 0 saturated heterocycles. The Bertz CT molecular complexity index is 507. The second-order valence-electron chi connectivity index (χ2n) is 5.58. The molecule has 0 radical (unpaired) electrons. The molecular formula is C20H25BrO. The quantitative estimate of drug-likeness (QED) is 0.384. The summed E-state index contributed by atoms with van der Waals surface area (Å²) in [5.41, 5.74) is 2.84. The standard InChI is InChI=1S/C20H25BrO/c21-16-6-7-17-22-20-14-12-19(13-15-20)11-5-4-10-18-8-2-1-3-9-18/h1-3,8-9,12-15H,4-7,10-11,16-17H2. The highest BCUT2D eigenvalue weighted by atomic mass is 79.9. The molecule has 0 saturated carbocycles. The van der Waals surface area contributed by atoms with Gasteiger partial charge in [-0.2, -0.15) is 0 Å². The van der Waals surface area contributed by atoms with E-state index in [4.69, 9.17) is 4.74 Å². The molecule has 0 unspecified atom stereocenters. The summed E-state index contributed by atoms with van der Waals surface area (Å²) >= 11 is 3.43. The van der Waals surface area contributed by atoms with Gasteiger partial charge in [0.25, 0.3) is 0 Å². The maximum Gasteiger partial charge on any atom is 0.119 e. The van der Waals surface area contributed by atoms with E-state index in [1.165, 1.54) is 36.8 Å². The summed E-state index contributed by atoms with van der Waals surface area (Å²) < 4.78 is 5.73. The van der Waals surface area contributed by atoms with E-state index in [0.717, 1.165) is 30.5 Å². The summed E-state index contributed by atoms with van der Waals surface area (Å²) in [6.07, 6.45) is 7.08. The van der Waals surface area contributed by atoms with Crippen LogP contribution in [0.3, 0.4) is 0 Å². The van der Waals surface area contributed by atoms with Crippen molar-refractivity contribution < 1.29 is 4.74 Å². The molecule has 2 aromatic carbocycles. The molecule has 0 amide bonds. The summed E-state index contributed by atoms with van der Waals surface area (Å²) in [4.78, 5) is 0. The van der Waals surface area contributed by atoms with Crippen LogP contribution in [-0.2, 0) is 12.8 Å². The highest BCUT2D eigenvalue weighted by Crippen LogP contribution is 2.15. The zero-order valence-corrected chi connectivity index (χ0v) is 14.7. The van der Waals surface area contributed by atoms with Crippen molar-refractivity contribution in [1.82, 2.24) is 0 Å². The molecule has 0 fully saturated rings. The van der Waals surface area contributed by atoms with Crippen LogP contribution in [0.2, 0.25) is 0 Å². The van der Waals surface area contributed by atoms with Crippen molar-refractivity contribution >= 4 is 15.9 Å².